The predicted molar refractivity (Wildman–Crippen MR) is 117 cm³/mol. The first-order chi connectivity index (χ1) is 13.5. The van der Waals surface area contributed by atoms with Crippen LogP contribution in [0.15, 0.2) is 72.8 Å². The van der Waals surface area contributed by atoms with E-state index in [1.165, 1.54) is 0 Å². The van der Waals surface area contributed by atoms with E-state index in [1.807, 2.05) is 42.5 Å². The van der Waals surface area contributed by atoms with Crippen LogP contribution in [0.1, 0.15) is 10.4 Å². The summed E-state index contributed by atoms with van der Waals surface area (Å²) in [4.78, 5) is 17.7. The van der Waals surface area contributed by atoms with Gasteiger partial charge in [-0.2, -0.15) is 0 Å². The molecule has 1 N–H and O–H groups in total. The summed E-state index contributed by atoms with van der Waals surface area (Å²) in [5, 5.41) is 5.02. The topological polar surface area (TPSA) is 42.0 Å². The molecule has 0 saturated heterocycles. The first-order valence-corrected chi connectivity index (χ1v) is 9.57. The molecule has 0 saturated carbocycles. The lowest BCUT2D eigenvalue weighted by Crippen LogP contribution is -2.13. The van der Waals surface area contributed by atoms with Crippen LogP contribution < -0.4 is 5.32 Å². The van der Waals surface area contributed by atoms with Crippen LogP contribution in [0.4, 0.5) is 5.69 Å². The summed E-state index contributed by atoms with van der Waals surface area (Å²) in [5.41, 5.74) is 3.04. The summed E-state index contributed by atoms with van der Waals surface area (Å²) >= 11 is 18.5. The summed E-state index contributed by atoms with van der Waals surface area (Å²) in [7, 11) is 0. The highest BCUT2D eigenvalue weighted by atomic mass is 35.5. The molecule has 0 atom stereocenters. The van der Waals surface area contributed by atoms with E-state index >= 15 is 0 Å². The second-order valence-corrected chi connectivity index (χ2v) is 7.38. The van der Waals surface area contributed by atoms with Gasteiger partial charge in [0.2, 0.25) is 0 Å². The van der Waals surface area contributed by atoms with Crippen LogP contribution in [0.5, 0.6) is 0 Å². The third-order valence-electron chi connectivity index (χ3n) is 4.29. The smallest absolute Gasteiger partial charge is 0.256 e. The Morgan fingerprint density at radius 2 is 1.57 bits per heavy atom. The molecule has 0 aliphatic heterocycles. The van der Waals surface area contributed by atoms with Crippen LogP contribution >= 0.6 is 34.8 Å². The number of fused-ring (bicyclic) bond motifs is 1. The van der Waals surface area contributed by atoms with Crippen molar-refractivity contribution >= 4 is 57.3 Å². The normalized spacial score (nSPS) is 10.8. The standard InChI is InChI=1S/C22H13Cl3N2O/c23-13-9-10-20(18(25)11-13)27-22(28)16-12-21(15-6-1-3-7-17(15)24)26-19-8-4-2-5-14(16)19/h1-12H,(H,27,28). The number of rotatable bonds is 3. The molecule has 1 amide bonds. The number of carbonyl (C=O) groups excluding carboxylic acids is 1. The Morgan fingerprint density at radius 3 is 2.36 bits per heavy atom. The largest absolute Gasteiger partial charge is 0.321 e. The average molecular weight is 428 g/mol. The quantitative estimate of drug-likeness (QED) is 0.378. The maximum absolute atomic E-state index is 13.1. The molecule has 3 aromatic carbocycles. The van der Waals surface area contributed by atoms with Crippen molar-refractivity contribution in [2.45, 2.75) is 0 Å². The first kappa shape index (κ1) is 18.8. The number of carbonyl (C=O) groups is 1. The zero-order valence-corrected chi connectivity index (χ0v) is 16.7. The van der Waals surface area contributed by atoms with Crippen LogP contribution in [0, 0.1) is 0 Å². The molecule has 0 radical (unpaired) electrons. The zero-order valence-electron chi connectivity index (χ0n) is 14.4. The van der Waals surface area contributed by atoms with Gasteiger partial charge in [-0.3, -0.25) is 4.79 Å². The SMILES string of the molecule is O=C(Nc1ccc(Cl)cc1Cl)c1cc(-c2ccccc2Cl)nc2ccccc12. The second kappa shape index (κ2) is 7.80. The second-order valence-electron chi connectivity index (χ2n) is 6.13. The molecule has 138 valence electrons. The lowest BCUT2D eigenvalue weighted by molar-refractivity contribution is 0.102. The molecule has 0 fully saturated rings. The maximum atomic E-state index is 13.1. The Morgan fingerprint density at radius 1 is 0.821 bits per heavy atom. The number of nitrogens with one attached hydrogen (secondary N) is 1. The monoisotopic (exact) mass is 426 g/mol. The van der Waals surface area contributed by atoms with Crippen LogP contribution in [-0.4, -0.2) is 10.9 Å². The number of pyridine rings is 1. The Hall–Kier alpha value is -2.59. The molecule has 1 heterocycles. The highest BCUT2D eigenvalue weighted by Gasteiger charge is 2.16. The van der Waals surface area contributed by atoms with Crippen molar-refractivity contribution in [1.82, 2.24) is 4.98 Å². The predicted octanol–water partition coefficient (Wildman–Crippen LogP) is 7.11. The molecule has 0 bridgehead atoms. The van der Waals surface area contributed by atoms with Crippen LogP contribution in [-0.2, 0) is 0 Å². The van der Waals surface area contributed by atoms with Crippen molar-refractivity contribution in [3.8, 4) is 11.3 Å². The number of hydrogen-bond donors (Lipinski definition) is 1. The molecular weight excluding hydrogens is 415 g/mol. The zero-order chi connectivity index (χ0) is 19.7. The van der Waals surface area contributed by atoms with E-state index in [9.17, 15) is 4.79 Å². The van der Waals surface area contributed by atoms with E-state index in [1.54, 1.807) is 30.3 Å². The first-order valence-electron chi connectivity index (χ1n) is 8.44. The van der Waals surface area contributed by atoms with Crippen molar-refractivity contribution in [2.75, 3.05) is 5.32 Å². The van der Waals surface area contributed by atoms with E-state index < -0.39 is 0 Å². The Labute approximate surface area is 176 Å². The van der Waals surface area contributed by atoms with E-state index in [0.29, 0.717) is 37.5 Å². The lowest BCUT2D eigenvalue weighted by atomic mass is 10.0. The van der Waals surface area contributed by atoms with Gasteiger partial charge in [-0.05, 0) is 36.4 Å². The number of anilines is 1. The van der Waals surface area contributed by atoms with Crippen molar-refractivity contribution in [3.05, 3.63) is 93.4 Å². The van der Waals surface area contributed by atoms with Gasteiger partial charge in [0.15, 0.2) is 0 Å². The van der Waals surface area contributed by atoms with Gasteiger partial charge in [-0.25, -0.2) is 4.98 Å². The molecule has 28 heavy (non-hydrogen) atoms. The van der Waals surface area contributed by atoms with Gasteiger partial charge in [0.25, 0.3) is 5.91 Å². The molecule has 3 nitrogen and oxygen atoms in total. The van der Waals surface area contributed by atoms with Crippen LogP contribution in [0.25, 0.3) is 22.2 Å². The summed E-state index contributed by atoms with van der Waals surface area (Å²) in [6.45, 7) is 0. The van der Waals surface area contributed by atoms with Crippen molar-refractivity contribution in [2.24, 2.45) is 0 Å². The number of hydrogen-bond acceptors (Lipinski definition) is 2. The Balaban J connectivity index is 1.83. The molecule has 0 spiro atoms. The van der Waals surface area contributed by atoms with Gasteiger partial charge in [-0.1, -0.05) is 71.2 Å². The highest BCUT2D eigenvalue weighted by Crippen LogP contribution is 2.31. The number of para-hydroxylation sites is 1. The van der Waals surface area contributed by atoms with Gasteiger partial charge in [-0.15, -0.1) is 0 Å². The number of nitrogens with zero attached hydrogens (tertiary/aromatic N) is 1. The van der Waals surface area contributed by atoms with Gasteiger partial charge < -0.3 is 5.32 Å². The number of halogens is 3. The Bertz CT molecular complexity index is 1210. The van der Waals surface area contributed by atoms with Crippen molar-refractivity contribution in [1.29, 1.82) is 0 Å². The molecule has 4 rings (SSSR count). The molecule has 4 aromatic rings. The van der Waals surface area contributed by atoms with Crippen LogP contribution in [0.2, 0.25) is 15.1 Å². The van der Waals surface area contributed by atoms with E-state index in [4.69, 9.17) is 34.8 Å². The fourth-order valence-corrected chi connectivity index (χ4v) is 3.64. The van der Waals surface area contributed by atoms with E-state index in [-0.39, 0.29) is 5.91 Å². The van der Waals surface area contributed by atoms with Gasteiger partial charge in [0, 0.05) is 21.0 Å². The number of amides is 1. The molecule has 0 aliphatic rings. The van der Waals surface area contributed by atoms with Crippen molar-refractivity contribution < 1.29 is 4.79 Å². The fourth-order valence-electron chi connectivity index (χ4n) is 2.95. The van der Waals surface area contributed by atoms with Crippen LogP contribution in [0.3, 0.4) is 0 Å². The minimum absolute atomic E-state index is 0.295. The lowest BCUT2D eigenvalue weighted by Gasteiger charge is -2.12. The summed E-state index contributed by atoms with van der Waals surface area (Å²) < 4.78 is 0. The van der Waals surface area contributed by atoms with Gasteiger partial charge in [0.1, 0.15) is 0 Å². The maximum Gasteiger partial charge on any atom is 0.256 e. The van der Waals surface area contributed by atoms with E-state index in [2.05, 4.69) is 10.3 Å². The van der Waals surface area contributed by atoms with Crippen molar-refractivity contribution in [3.63, 3.8) is 0 Å². The summed E-state index contributed by atoms with van der Waals surface area (Å²) in [6, 6.07) is 21.5. The third kappa shape index (κ3) is 3.69. The Kier molecular flexibility index (Phi) is 5.23. The highest BCUT2D eigenvalue weighted by molar-refractivity contribution is 6.37. The third-order valence-corrected chi connectivity index (χ3v) is 5.17. The van der Waals surface area contributed by atoms with E-state index in [0.717, 1.165) is 10.9 Å². The number of aromatic nitrogens is 1. The average Bonchev–Trinajstić information content (AvgIpc) is 2.69. The molecular formula is C22H13Cl3N2O. The molecule has 1 aromatic heterocycles. The van der Waals surface area contributed by atoms with Gasteiger partial charge in [0.05, 0.1) is 27.5 Å². The molecule has 6 heteroatoms. The molecule has 0 unspecified atom stereocenters. The molecule has 0 aliphatic carbocycles. The minimum atomic E-state index is -0.295. The minimum Gasteiger partial charge on any atom is -0.321 e. The summed E-state index contributed by atoms with van der Waals surface area (Å²) in [6.07, 6.45) is 0. The summed E-state index contributed by atoms with van der Waals surface area (Å²) in [5.74, 6) is -0.295. The number of benzene rings is 3. The fraction of sp³-hybridized carbons (Fsp3) is 0. The van der Waals surface area contributed by atoms with Gasteiger partial charge >= 0.3 is 0 Å².